The van der Waals surface area contributed by atoms with E-state index in [4.69, 9.17) is 0 Å². The number of rotatable bonds is 2. The minimum Gasteiger partial charge on any atom is -0.0948 e. The topological polar surface area (TPSA) is 0 Å². The van der Waals surface area contributed by atoms with E-state index in [-0.39, 0.29) is 7.92 Å². The standard InChI is InChI=1S/C13H27P/c1-11(2)10-14-12(3,4)8-7-9-13(14,5)6/h11H,7-10H2,1-6H3. The van der Waals surface area contributed by atoms with Crippen LogP contribution in [0.5, 0.6) is 0 Å². The molecule has 1 fully saturated rings. The highest BCUT2D eigenvalue weighted by Crippen LogP contribution is 2.66. The van der Waals surface area contributed by atoms with E-state index in [1.165, 1.54) is 25.4 Å². The summed E-state index contributed by atoms with van der Waals surface area (Å²) in [6.45, 7) is 14.8. The summed E-state index contributed by atoms with van der Waals surface area (Å²) in [5.74, 6) is 0.873. The van der Waals surface area contributed by atoms with Gasteiger partial charge in [-0.1, -0.05) is 55.9 Å². The Kier molecular flexibility index (Phi) is 3.68. The molecule has 0 aromatic rings. The molecule has 1 aliphatic heterocycles. The lowest BCUT2D eigenvalue weighted by atomic mass is 9.98. The molecule has 0 spiro atoms. The second-order valence-electron chi connectivity index (χ2n) is 6.48. The average molecular weight is 214 g/mol. The molecule has 0 atom stereocenters. The molecule has 0 aromatic heterocycles. The highest BCUT2D eigenvalue weighted by molar-refractivity contribution is 7.61. The average Bonchev–Trinajstić information content (AvgIpc) is 1.96. The van der Waals surface area contributed by atoms with E-state index in [0.717, 1.165) is 5.92 Å². The van der Waals surface area contributed by atoms with Gasteiger partial charge in [0.1, 0.15) is 0 Å². The Morgan fingerprint density at radius 3 is 1.79 bits per heavy atom. The van der Waals surface area contributed by atoms with Gasteiger partial charge in [0.2, 0.25) is 0 Å². The van der Waals surface area contributed by atoms with Gasteiger partial charge in [-0.25, -0.2) is 0 Å². The third-order valence-electron chi connectivity index (χ3n) is 3.59. The molecule has 84 valence electrons. The highest BCUT2D eigenvalue weighted by atomic mass is 31.1. The van der Waals surface area contributed by atoms with Gasteiger partial charge in [0.05, 0.1) is 0 Å². The van der Waals surface area contributed by atoms with Gasteiger partial charge in [0, 0.05) is 0 Å². The van der Waals surface area contributed by atoms with Crippen LogP contribution in [-0.4, -0.2) is 16.5 Å². The SMILES string of the molecule is CC(C)CP1C(C)(C)CCCC1(C)C. The molecule has 0 nitrogen and oxygen atoms in total. The molecule has 0 saturated carbocycles. The maximum atomic E-state index is 2.50. The first-order valence-corrected chi connectivity index (χ1v) is 7.56. The monoisotopic (exact) mass is 214 g/mol. The molecule has 0 bridgehead atoms. The normalized spacial score (nSPS) is 26.8. The van der Waals surface area contributed by atoms with Crippen LogP contribution < -0.4 is 0 Å². The molecular weight excluding hydrogens is 187 g/mol. The first kappa shape index (κ1) is 12.5. The summed E-state index contributed by atoms with van der Waals surface area (Å²) in [6, 6.07) is 0. The summed E-state index contributed by atoms with van der Waals surface area (Å²) in [6.07, 6.45) is 5.82. The number of hydrogen-bond donors (Lipinski definition) is 0. The largest absolute Gasteiger partial charge is 0.0948 e. The van der Waals surface area contributed by atoms with Crippen LogP contribution in [0.3, 0.4) is 0 Å². The molecule has 1 heteroatoms. The minimum atomic E-state index is 0.202. The second kappa shape index (κ2) is 4.12. The van der Waals surface area contributed by atoms with Crippen LogP contribution in [0.4, 0.5) is 0 Å². The van der Waals surface area contributed by atoms with E-state index in [2.05, 4.69) is 41.5 Å². The van der Waals surface area contributed by atoms with Crippen molar-refractivity contribution in [1.82, 2.24) is 0 Å². The maximum Gasteiger partial charge on any atom is -0.0146 e. The predicted molar refractivity (Wildman–Crippen MR) is 68.6 cm³/mol. The highest BCUT2D eigenvalue weighted by Gasteiger charge is 2.42. The lowest BCUT2D eigenvalue weighted by Gasteiger charge is -2.50. The fourth-order valence-corrected chi connectivity index (χ4v) is 7.12. The zero-order valence-corrected chi connectivity index (χ0v) is 11.7. The van der Waals surface area contributed by atoms with Crippen LogP contribution in [0.1, 0.15) is 60.8 Å². The van der Waals surface area contributed by atoms with E-state index in [0.29, 0.717) is 10.3 Å². The minimum absolute atomic E-state index is 0.202. The Morgan fingerprint density at radius 2 is 1.43 bits per heavy atom. The molecule has 1 aliphatic rings. The molecule has 0 N–H and O–H groups in total. The molecule has 14 heavy (non-hydrogen) atoms. The first-order valence-electron chi connectivity index (χ1n) is 6.03. The van der Waals surface area contributed by atoms with Crippen LogP contribution in [0.15, 0.2) is 0 Å². The molecule has 0 aromatic carbocycles. The van der Waals surface area contributed by atoms with Crippen LogP contribution >= 0.6 is 7.92 Å². The Labute approximate surface area is 91.6 Å². The van der Waals surface area contributed by atoms with Gasteiger partial charge in [0.15, 0.2) is 0 Å². The van der Waals surface area contributed by atoms with Crippen LogP contribution in [0, 0.1) is 5.92 Å². The molecule has 1 rings (SSSR count). The van der Waals surface area contributed by atoms with Gasteiger partial charge in [-0.3, -0.25) is 0 Å². The van der Waals surface area contributed by atoms with E-state index in [9.17, 15) is 0 Å². The van der Waals surface area contributed by atoms with Gasteiger partial charge >= 0.3 is 0 Å². The number of hydrogen-bond acceptors (Lipinski definition) is 0. The van der Waals surface area contributed by atoms with Crippen LogP contribution in [-0.2, 0) is 0 Å². The van der Waals surface area contributed by atoms with E-state index in [1.807, 2.05) is 0 Å². The van der Waals surface area contributed by atoms with Gasteiger partial charge in [0.25, 0.3) is 0 Å². The summed E-state index contributed by atoms with van der Waals surface area (Å²) < 4.78 is 0. The summed E-state index contributed by atoms with van der Waals surface area (Å²) in [5, 5.41) is 1.25. The quantitative estimate of drug-likeness (QED) is 0.575. The van der Waals surface area contributed by atoms with Crippen molar-refractivity contribution in [1.29, 1.82) is 0 Å². The van der Waals surface area contributed by atoms with Crippen molar-refractivity contribution in [3.05, 3.63) is 0 Å². The molecule has 0 unspecified atom stereocenters. The summed E-state index contributed by atoms with van der Waals surface area (Å²) >= 11 is 0. The molecule has 0 aliphatic carbocycles. The summed E-state index contributed by atoms with van der Waals surface area (Å²) in [5.41, 5.74) is 0. The van der Waals surface area contributed by atoms with Crippen LogP contribution in [0.2, 0.25) is 0 Å². The molecular formula is C13H27P. The van der Waals surface area contributed by atoms with Gasteiger partial charge in [-0.2, -0.15) is 0 Å². The van der Waals surface area contributed by atoms with E-state index in [1.54, 1.807) is 0 Å². The van der Waals surface area contributed by atoms with Gasteiger partial charge in [-0.05, 0) is 35.2 Å². The predicted octanol–water partition coefficient (Wildman–Crippen LogP) is 4.87. The lowest BCUT2D eigenvalue weighted by molar-refractivity contribution is 0.461. The third-order valence-corrected chi connectivity index (χ3v) is 8.05. The first-order chi connectivity index (χ1) is 6.26. The molecule has 0 radical (unpaired) electrons. The third kappa shape index (κ3) is 2.72. The van der Waals surface area contributed by atoms with Crippen molar-refractivity contribution in [2.24, 2.45) is 5.92 Å². The van der Waals surface area contributed by atoms with Crippen molar-refractivity contribution in [2.75, 3.05) is 6.16 Å². The smallest absolute Gasteiger partial charge is 0.0146 e. The fourth-order valence-electron chi connectivity index (χ4n) is 2.90. The van der Waals surface area contributed by atoms with Gasteiger partial charge in [-0.15, -0.1) is 0 Å². The van der Waals surface area contributed by atoms with Crippen LogP contribution in [0.25, 0.3) is 0 Å². The zero-order chi connectivity index (χ0) is 11.0. The maximum absolute atomic E-state index is 2.50. The Balaban J connectivity index is 2.80. The molecule has 1 saturated heterocycles. The van der Waals surface area contributed by atoms with Crippen molar-refractivity contribution in [3.63, 3.8) is 0 Å². The summed E-state index contributed by atoms with van der Waals surface area (Å²) in [4.78, 5) is 0. The zero-order valence-electron chi connectivity index (χ0n) is 10.9. The van der Waals surface area contributed by atoms with E-state index >= 15 is 0 Å². The lowest BCUT2D eigenvalue weighted by Crippen LogP contribution is -2.36. The van der Waals surface area contributed by atoms with Crippen molar-refractivity contribution in [3.8, 4) is 0 Å². The second-order valence-corrected chi connectivity index (χ2v) is 10.1. The summed E-state index contributed by atoms with van der Waals surface area (Å²) in [7, 11) is 0.202. The van der Waals surface area contributed by atoms with Crippen molar-refractivity contribution < 1.29 is 0 Å². The van der Waals surface area contributed by atoms with Crippen molar-refractivity contribution in [2.45, 2.75) is 71.1 Å². The molecule has 0 amide bonds. The van der Waals surface area contributed by atoms with E-state index < -0.39 is 0 Å². The Hall–Kier alpha value is 0.430. The van der Waals surface area contributed by atoms with Gasteiger partial charge < -0.3 is 0 Å². The molecule has 1 heterocycles. The fraction of sp³-hybridized carbons (Fsp3) is 1.00. The Morgan fingerprint density at radius 1 is 1.00 bits per heavy atom. The Bertz CT molecular complexity index is 175. The van der Waals surface area contributed by atoms with Crippen molar-refractivity contribution >= 4 is 7.92 Å².